The first kappa shape index (κ1) is 17.9. The van der Waals surface area contributed by atoms with E-state index in [0.29, 0.717) is 6.42 Å². The van der Waals surface area contributed by atoms with Crippen molar-refractivity contribution in [1.29, 1.82) is 0 Å². The van der Waals surface area contributed by atoms with Crippen molar-refractivity contribution in [3.05, 3.63) is 16.1 Å². The van der Waals surface area contributed by atoms with E-state index in [-0.39, 0.29) is 23.8 Å². The van der Waals surface area contributed by atoms with Crippen LogP contribution in [0.5, 0.6) is 0 Å². The Morgan fingerprint density at radius 2 is 2.13 bits per heavy atom. The summed E-state index contributed by atoms with van der Waals surface area (Å²) < 4.78 is 4.90. The summed E-state index contributed by atoms with van der Waals surface area (Å²) in [7, 11) is 1.42. The predicted molar refractivity (Wildman–Crippen MR) is 90.3 cm³/mol. The normalized spacial score (nSPS) is 21.5. The molecule has 2 rings (SSSR count). The third-order valence-electron chi connectivity index (χ3n) is 4.37. The highest BCUT2D eigenvalue weighted by molar-refractivity contribution is 7.09. The van der Waals surface area contributed by atoms with Crippen molar-refractivity contribution in [1.82, 2.24) is 10.3 Å². The third kappa shape index (κ3) is 5.61. The number of thiazole rings is 1. The lowest BCUT2D eigenvalue weighted by atomic mass is 9.94. The molecule has 0 spiro atoms. The molecule has 0 aliphatic heterocycles. The molecule has 2 atom stereocenters. The first-order valence-corrected chi connectivity index (χ1v) is 9.26. The molecule has 1 aromatic heterocycles. The topological polar surface area (TPSA) is 68.3 Å². The smallest absolute Gasteiger partial charge is 0.310 e. The molecule has 1 saturated carbocycles. The lowest BCUT2D eigenvalue weighted by Gasteiger charge is -2.24. The number of hydrogen-bond donors (Lipinski definition) is 1. The van der Waals surface area contributed by atoms with Gasteiger partial charge in [0.1, 0.15) is 0 Å². The van der Waals surface area contributed by atoms with Gasteiger partial charge in [-0.15, -0.1) is 11.3 Å². The van der Waals surface area contributed by atoms with Crippen LogP contribution in [-0.2, 0) is 20.7 Å². The minimum atomic E-state index is -0.201. The number of aromatic nitrogens is 1. The summed E-state index contributed by atoms with van der Waals surface area (Å²) in [5, 5.41) is 6.16. The minimum absolute atomic E-state index is 0.0257. The van der Waals surface area contributed by atoms with Crippen LogP contribution in [0.2, 0.25) is 0 Å². The Bertz CT molecular complexity index is 530. The summed E-state index contributed by atoms with van der Waals surface area (Å²) in [6, 6.07) is -0.0843. The van der Waals surface area contributed by atoms with E-state index < -0.39 is 0 Å². The molecule has 0 aromatic carbocycles. The molecule has 0 saturated heterocycles. The van der Waals surface area contributed by atoms with Crippen LogP contribution in [0.25, 0.3) is 0 Å². The highest BCUT2D eigenvalue weighted by atomic mass is 32.1. The number of ether oxygens (including phenoxy) is 1. The fourth-order valence-corrected chi connectivity index (χ4v) is 3.79. The van der Waals surface area contributed by atoms with Crippen LogP contribution in [0.1, 0.15) is 55.6 Å². The molecule has 1 aliphatic rings. The van der Waals surface area contributed by atoms with Gasteiger partial charge in [-0.3, -0.25) is 9.59 Å². The van der Waals surface area contributed by atoms with Crippen LogP contribution in [0, 0.1) is 12.8 Å². The lowest BCUT2D eigenvalue weighted by molar-refractivity contribution is -0.147. The summed E-state index contributed by atoms with van der Waals surface area (Å²) in [5.74, 6) is -0.374. The van der Waals surface area contributed by atoms with Crippen molar-refractivity contribution in [3.63, 3.8) is 0 Å². The Morgan fingerprint density at radius 3 is 2.83 bits per heavy atom. The number of carbonyl (C=O) groups excluding carboxylic acids is 2. The van der Waals surface area contributed by atoms with E-state index in [4.69, 9.17) is 4.74 Å². The van der Waals surface area contributed by atoms with Gasteiger partial charge in [-0.05, 0) is 32.6 Å². The summed E-state index contributed by atoms with van der Waals surface area (Å²) in [4.78, 5) is 28.5. The maximum absolute atomic E-state index is 12.2. The maximum Gasteiger partial charge on any atom is 0.310 e. The monoisotopic (exact) mass is 338 g/mol. The van der Waals surface area contributed by atoms with Gasteiger partial charge in [0.15, 0.2) is 0 Å². The quantitative estimate of drug-likeness (QED) is 0.639. The highest BCUT2D eigenvalue weighted by Gasteiger charge is 2.31. The average molecular weight is 338 g/mol. The maximum atomic E-state index is 12.2. The number of nitrogens with zero attached hydrogens (tertiary/aromatic N) is 1. The van der Waals surface area contributed by atoms with Crippen molar-refractivity contribution >= 4 is 23.2 Å². The highest BCUT2D eigenvalue weighted by Crippen LogP contribution is 2.24. The van der Waals surface area contributed by atoms with E-state index in [1.54, 1.807) is 11.3 Å². The summed E-state index contributed by atoms with van der Waals surface area (Å²) in [5.41, 5.74) is 1.06. The molecule has 5 nitrogen and oxygen atoms in total. The van der Waals surface area contributed by atoms with E-state index in [0.717, 1.165) is 55.6 Å². The van der Waals surface area contributed by atoms with Gasteiger partial charge < -0.3 is 10.1 Å². The Labute approximate surface area is 141 Å². The molecule has 1 amide bonds. The average Bonchev–Trinajstić information content (AvgIpc) is 2.81. The van der Waals surface area contributed by atoms with E-state index in [1.165, 1.54) is 7.11 Å². The number of carbonyl (C=O) groups is 2. The molecular formula is C17H26N2O3S. The van der Waals surface area contributed by atoms with Crippen molar-refractivity contribution in [2.45, 2.75) is 64.3 Å². The van der Waals surface area contributed by atoms with Gasteiger partial charge in [0.2, 0.25) is 5.91 Å². The zero-order valence-electron chi connectivity index (χ0n) is 14.0. The van der Waals surface area contributed by atoms with Crippen LogP contribution < -0.4 is 5.32 Å². The van der Waals surface area contributed by atoms with Crippen molar-refractivity contribution in [3.8, 4) is 0 Å². The Hall–Kier alpha value is -1.43. The number of methoxy groups -OCH3 is 1. The van der Waals surface area contributed by atoms with Crippen LogP contribution in [0.4, 0.5) is 0 Å². The zero-order chi connectivity index (χ0) is 16.7. The Morgan fingerprint density at radius 1 is 1.35 bits per heavy atom. The zero-order valence-corrected chi connectivity index (χ0v) is 14.8. The van der Waals surface area contributed by atoms with Crippen molar-refractivity contribution in [2.75, 3.05) is 7.11 Å². The SMILES string of the molecule is COC(=O)C1CCCCCC1NC(=O)CCCc1csc(C)n1. The molecule has 2 unspecified atom stereocenters. The van der Waals surface area contributed by atoms with Gasteiger partial charge >= 0.3 is 5.97 Å². The predicted octanol–water partition coefficient (Wildman–Crippen LogP) is 3.01. The molecule has 0 radical (unpaired) electrons. The first-order valence-electron chi connectivity index (χ1n) is 8.38. The lowest BCUT2D eigenvalue weighted by Crippen LogP contribution is -2.43. The van der Waals surface area contributed by atoms with Gasteiger partial charge in [0, 0.05) is 17.8 Å². The second-order valence-electron chi connectivity index (χ2n) is 6.15. The van der Waals surface area contributed by atoms with Crippen LogP contribution in [-0.4, -0.2) is 30.0 Å². The number of rotatable bonds is 6. The number of nitrogens with one attached hydrogen (secondary N) is 1. The fraction of sp³-hybridized carbons (Fsp3) is 0.706. The van der Waals surface area contributed by atoms with Gasteiger partial charge in [0.05, 0.1) is 23.7 Å². The molecule has 1 heterocycles. The molecule has 0 bridgehead atoms. The third-order valence-corrected chi connectivity index (χ3v) is 5.19. The summed E-state index contributed by atoms with van der Waals surface area (Å²) in [6.45, 7) is 1.99. The van der Waals surface area contributed by atoms with Crippen molar-refractivity contribution in [2.24, 2.45) is 5.92 Å². The van der Waals surface area contributed by atoms with Gasteiger partial charge in [-0.25, -0.2) is 4.98 Å². The molecular weight excluding hydrogens is 312 g/mol. The Balaban J connectivity index is 1.80. The van der Waals surface area contributed by atoms with Crippen molar-refractivity contribution < 1.29 is 14.3 Å². The first-order chi connectivity index (χ1) is 11.1. The number of hydrogen-bond acceptors (Lipinski definition) is 5. The molecule has 128 valence electrons. The van der Waals surface area contributed by atoms with Crippen LogP contribution in [0.15, 0.2) is 5.38 Å². The molecule has 1 fully saturated rings. The summed E-state index contributed by atoms with van der Waals surface area (Å²) in [6.07, 6.45) is 6.93. The van der Waals surface area contributed by atoms with E-state index in [1.807, 2.05) is 12.3 Å². The number of aryl methyl sites for hydroxylation is 2. The second kappa shape index (κ2) is 9.01. The summed E-state index contributed by atoms with van der Waals surface area (Å²) >= 11 is 1.64. The van der Waals surface area contributed by atoms with Gasteiger partial charge in [0.25, 0.3) is 0 Å². The van der Waals surface area contributed by atoms with E-state index in [2.05, 4.69) is 10.3 Å². The Kier molecular flexibility index (Phi) is 7.02. The molecule has 1 aromatic rings. The standard InChI is InChI=1S/C17H26N2O3S/c1-12-18-13(11-23-12)7-6-10-16(20)19-15-9-5-3-4-8-14(15)17(21)22-2/h11,14-15H,3-10H2,1-2H3,(H,19,20). The largest absolute Gasteiger partial charge is 0.469 e. The van der Waals surface area contributed by atoms with Gasteiger partial charge in [-0.1, -0.05) is 19.3 Å². The second-order valence-corrected chi connectivity index (χ2v) is 7.22. The van der Waals surface area contributed by atoms with E-state index >= 15 is 0 Å². The fourth-order valence-electron chi connectivity index (χ4n) is 3.15. The number of amides is 1. The molecule has 1 N–H and O–H groups in total. The number of esters is 1. The molecule has 23 heavy (non-hydrogen) atoms. The molecule has 1 aliphatic carbocycles. The van der Waals surface area contributed by atoms with Crippen LogP contribution >= 0.6 is 11.3 Å². The van der Waals surface area contributed by atoms with E-state index in [9.17, 15) is 9.59 Å². The molecule has 6 heteroatoms. The van der Waals surface area contributed by atoms with Crippen LogP contribution in [0.3, 0.4) is 0 Å². The van der Waals surface area contributed by atoms with Gasteiger partial charge in [-0.2, -0.15) is 0 Å². The minimum Gasteiger partial charge on any atom is -0.469 e.